The Balaban J connectivity index is 1.35. The van der Waals surface area contributed by atoms with Gasteiger partial charge in [0.25, 0.3) is 5.56 Å². The van der Waals surface area contributed by atoms with E-state index in [1.807, 2.05) is 24.3 Å². The lowest BCUT2D eigenvalue weighted by atomic mass is 10.1. The molecule has 1 amide bonds. The first-order valence-electron chi connectivity index (χ1n) is 14.1. The third-order valence-electron chi connectivity index (χ3n) is 7.60. The van der Waals surface area contributed by atoms with Gasteiger partial charge in [-0.05, 0) is 54.4 Å². The van der Waals surface area contributed by atoms with Crippen LogP contribution in [0.4, 0.5) is 5.69 Å². The molecular weight excluding hydrogens is 619 g/mol. The normalized spacial score (nSPS) is 13.6. The summed E-state index contributed by atoms with van der Waals surface area (Å²) in [7, 11) is -0.917. The zero-order chi connectivity index (χ0) is 32.1. The molecule has 1 saturated heterocycles. The van der Waals surface area contributed by atoms with Crippen LogP contribution >= 0.6 is 11.8 Å². The van der Waals surface area contributed by atoms with Crippen molar-refractivity contribution in [1.29, 1.82) is 0 Å². The largest absolute Gasteiger partial charge is 0.495 e. The van der Waals surface area contributed by atoms with Crippen LogP contribution in [-0.4, -0.2) is 80.9 Å². The summed E-state index contributed by atoms with van der Waals surface area (Å²) in [5.41, 5.74) is 2.02. The average molecular weight is 652 g/mol. The minimum atomic E-state index is -3.83. The Labute approximate surface area is 264 Å². The van der Waals surface area contributed by atoms with Gasteiger partial charge in [-0.25, -0.2) is 23.3 Å². The molecule has 12 nitrogen and oxygen atoms in total. The molecule has 2 heterocycles. The first kappa shape index (κ1) is 32.0. The summed E-state index contributed by atoms with van der Waals surface area (Å²) >= 11 is 1.16. The molecule has 0 unspecified atom stereocenters. The van der Waals surface area contributed by atoms with E-state index >= 15 is 0 Å². The molecule has 0 saturated carbocycles. The van der Waals surface area contributed by atoms with Gasteiger partial charge in [0.1, 0.15) is 5.75 Å². The molecule has 45 heavy (non-hydrogen) atoms. The second-order valence-electron chi connectivity index (χ2n) is 10.3. The van der Waals surface area contributed by atoms with Crippen LogP contribution < -0.4 is 20.3 Å². The number of carbonyl (C=O) groups excluding carboxylic acids is 2. The van der Waals surface area contributed by atoms with E-state index in [1.54, 1.807) is 24.1 Å². The number of para-hydroxylation sites is 2. The van der Waals surface area contributed by atoms with Gasteiger partial charge in [0, 0.05) is 32.7 Å². The Kier molecular flexibility index (Phi) is 9.75. The second kappa shape index (κ2) is 13.7. The van der Waals surface area contributed by atoms with Crippen molar-refractivity contribution in [2.45, 2.75) is 23.0 Å². The molecule has 1 aliphatic heterocycles. The number of sulfonamides is 1. The number of nitrogens with zero attached hydrogens (tertiary/aromatic N) is 4. The Bertz CT molecular complexity index is 1890. The molecular formula is C31H33N5O7S2. The van der Waals surface area contributed by atoms with E-state index in [0.717, 1.165) is 28.8 Å². The zero-order valence-corrected chi connectivity index (χ0v) is 26.5. The zero-order valence-electron chi connectivity index (χ0n) is 24.8. The summed E-state index contributed by atoms with van der Waals surface area (Å²) in [6.07, 6.45) is 0.394. The third kappa shape index (κ3) is 7.30. The molecule has 0 radical (unpaired) electrons. The fourth-order valence-corrected chi connectivity index (χ4v) is 6.59. The average Bonchev–Trinajstić information content (AvgIpc) is 3.06. The van der Waals surface area contributed by atoms with Crippen molar-refractivity contribution in [3.8, 4) is 5.75 Å². The minimum Gasteiger partial charge on any atom is -0.495 e. The monoisotopic (exact) mass is 651 g/mol. The van der Waals surface area contributed by atoms with Crippen LogP contribution in [0.1, 0.15) is 15.9 Å². The maximum absolute atomic E-state index is 13.7. The van der Waals surface area contributed by atoms with Crippen molar-refractivity contribution in [1.82, 2.24) is 14.5 Å². The van der Waals surface area contributed by atoms with Crippen molar-refractivity contribution in [2.75, 3.05) is 51.1 Å². The van der Waals surface area contributed by atoms with Gasteiger partial charge in [-0.1, -0.05) is 36.0 Å². The van der Waals surface area contributed by atoms with Gasteiger partial charge in [-0.3, -0.25) is 14.2 Å². The summed E-state index contributed by atoms with van der Waals surface area (Å²) < 4.78 is 35.1. The lowest BCUT2D eigenvalue weighted by Crippen LogP contribution is -2.49. The fraction of sp³-hybridized carbons (Fsp3) is 0.290. The molecule has 236 valence electrons. The number of fused-ring (bicyclic) bond motifs is 1. The van der Waals surface area contributed by atoms with Crippen LogP contribution in [0, 0.1) is 0 Å². The van der Waals surface area contributed by atoms with Crippen LogP contribution in [-0.2, 0) is 32.5 Å². The number of methoxy groups -OCH3 is 2. The molecule has 4 aromatic rings. The van der Waals surface area contributed by atoms with E-state index in [-0.39, 0.29) is 34.2 Å². The van der Waals surface area contributed by atoms with Crippen molar-refractivity contribution in [3.05, 3.63) is 88.2 Å². The highest BCUT2D eigenvalue weighted by Gasteiger charge is 2.24. The van der Waals surface area contributed by atoms with Crippen LogP contribution in [0.15, 0.2) is 81.6 Å². The van der Waals surface area contributed by atoms with Crippen LogP contribution in [0.3, 0.4) is 0 Å². The number of hydrogen-bond acceptors (Lipinski definition) is 10. The van der Waals surface area contributed by atoms with Gasteiger partial charge >= 0.3 is 5.97 Å². The van der Waals surface area contributed by atoms with E-state index in [9.17, 15) is 22.8 Å². The van der Waals surface area contributed by atoms with Crippen LogP contribution in [0.5, 0.6) is 5.75 Å². The standard InChI is InChI=1S/C31H33N5O7S2/c1-42-27-6-4-3-5-26(27)34-15-17-35(18-16-34)28(37)20-44-31-33-25-19-22(30(39)43-2)9-12-24(25)29(38)36(31)14-13-21-7-10-23(11-8-21)45(32,40)41/h3-12,19H,13-18,20H2,1-2H3,(H2,32,40,41). The molecule has 0 aliphatic carbocycles. The molecule has 0 bridgehead atoms. The van der Waals surface area contributed by atoms with E-state index in [1.165, 1.54) is 42.0 Å². The number of nitrogens with two attached hydrogens (primary N) is 1. The molecule has 1 aromatic heterocycles. The number of benzene rings is 3. The highest BCUT2D eigenvalue weighted by molar-refractivity contribution is 7.99. The lowest BCUT2D eigenvalue weighted by molar-refractivity contribution is -0.128. The van der Waals surface area contributed by atoms with E-state index < -0.39 is 16.0 Å². The quantitative estimate of drug-likeness (QED) is 0.154. The minimum absolute atomic E-state index is 0.00399. The molecule has 0 spiro atoms. The number of hydrogen-bond donors (Lipinski definition) is 1. The van der Waals surface area contributed by atoms with Crippen molar-refractivity contribution < 1.29 is 27.5 Å². The summed E-state index contributed by atoms with van der Waals surface area (Å²) in [6.45, 7) is 2.59. The lowest BCUT2D eigenvalue weighted by Gasteiger charge is -2.36. The summed E-state index contributed by atoms with van der Waals surface area (Å²) in [5, 5.41) is 5.85. The number of anilines is 1. The van der Waals surface area contributed by atoms with Gasteiger partial charge in [-0.2, -0.15) is 0 Å². The van der Waals surface area contributed by atoms with Crippen molar-refractivity contribution >= 4 is 50.3 Å². The van der Waals surface area contributed by atoms with E-state index in [0.29, 0.717) is 48.7 Å². The van der Waals surface area contributed by atoms with E-state index in [2.05, 4.69) is 9.88 Å². The number of aryl methyl sites for hydroxylation is 1. The number of thioether (sulfide) groups is 1. The SMILES string of the molecule is COC(=O)c1ccc2c(=O)n(CCc3ccc(S(N)(=O)=O)cc3)c(SCC(=O)N3CCN(c4ccccc4OC)CC3)nc2c1. The molecule has 14 heteroatoms. The maximum atomic E-state index is 13.7. The smallest absolute Gasteiger partial charge is 0.337 e. The van der Waals surface area contributed by atoms with Crippen molar-refractivity contribution in [2.24, 2.45) is 5.14 Å². The number of ether oxygens (including phenoxy) is 2. The summed E-state index contributed by atoms with van der Waals surface area (Å²) in [6, 6.07) is 18.4. The Hall–Kier alpha value is -4.40. The molecule has 1 aliphatic rings. The maximum Gasteiger partial charge on any atom is 0.337 e. The third-order valence-corrected chi connectivity index (χ3v) is 9.49. The summed E-state index contributed by atoms with van der Waals surface area (Å²) in [5.74, 6) is 0.209. The Morgan fingerprint density at radius 2 is 1.69 bits per heavy atom. The predicted molar refractivity (Wildman–Crippen MR) is 171 cm³/mol. The first-order valence-corrected chi connectivity index (χ1v) is 16.7. The number of carbonyl (C=O) groups is 2. The van der Waals surface area contributed by atoms with Gasteiger partial charge in [0.05, 0.1) is 47.0 Å². The number of piperazine rings is 1. The number of esters is 1. The topological polar surface area (TPSA) is 154 Å². The molecule has 2 N–H and O–H groups in total. The molecule has 0 atom stereocenters. The summed E-state index contributed by atoms with van der Waals surface area (Å²) in [4.78, 5) is 47.8. The molecule has 5 rings (SSSR count). The number of amides is 1. The second-order valence-corrected chi connectivity index (χ2v) is 12.8. The van der Waals surface area contributed by atoms with Gasteiger partial charge < -0.3 is 19.3 Å². The van der Waals surface area contributed by atoms with E-state index in [4.69, 9.17) is 14.6 Å². The van der Waals surface area contributed by atoms with Gasteiger partial charge in [0.15, 0.2) is 5.16 Å². The first-order chi connectivity index (χ1) is 21.6. The Morgan fingerprint density at radius 1 is 0.978 bits per heavy atom. The van der Waals surface area contributed by atoms with Crippen LogP contribution in [0.25, 0.3) is 10.9 Å². The number of primary sulfonamides is 1. The number of aromatic nitrogens is 2. The van der Waals surface area contributed by atoms with Crippen molar-refractivity contribution in [3.63, 3.8) is 0 Å². The Morgan fingerprint density at radius 3 is 2.36 bits per heavy atom. The van der Waals surface area contributed by atoms with Gasteiger partial charge in [-0.15, -0.1) is 0 Å². The molecule has 1 fully saturated rings. The number of rotatable bonds is 10. The highest BCUT2D eigenvalue weighted by atomic mass is 32.2. The highest BCUT2D eigenvalue weighted by Crippen LogP contribution is 2.28. The van der Waals surface area contributed by atoms with Crippen LogP contribution in [0.2, 0.25) is 0 Å². The molecule has 3 aromatic carbocycles. The van der Waals surface area contributed by atoms with Gasteiger partial charge in [0.2, 0.25) is 15.9 Å². The fourth-order valence-electron chi connectivity index (χ4n) is 5.14. The predicted octanol–water partition coefficient (Wildman–Crippen LogP) is 2.52.